The van der Waals surface area contributed by atoms with E-state index in [1.807, 2.05) is 25.2 Å². The van der Waals surface area contributed by atoms with Crippen LogP contribution in [0, 0.1) is 12.3 Å². The van der Waals surface area contributed by atoms with Crippen LogP contribution in [0.5, 0.6) is 0 Å². The zero-order chi connectivity index (χ0) is 20.5. The van der Waals surface area contributed by atoms with Crippen molar-refractivity contribution < 1.29 is 9.53 Å². The largest absolute Gasteiger partial charge is 0.378 e. The maximum atomic E-state index is 12.9. The molecule has 0 spiro atoms. The number of aryl methyl sites for hydroxylation is 1. The van der Waals surface area contributed by atoms with Crippen LogP contribution in [0.15, 0.2) is 36.4 Å². The molecule has 2 heterocycles. The van der Waals surface area contributed by atoms with E-state index < -0.39 is 0 Å². The quantitative estimate of drug-likeness (QED) is 0.576. The number of fused-ring (bicyclic) bond motifs is 1. The van der Waals surface area contributed by atoms with E-state index in [2.05, 4.69) is 16.6 Å². The number of hydrogen-bond acceptors (Lipinski definition) is 2. The van der Waals surface area contributed by atoms with Crippen LogP contribution in [0.2, 0.25) is 10.0 Å². The van der Waals surface area contributed by atoms with Gasteiger partial charge < -0.3 is 14.2 Å². The molecule has 6 heteroatoms. The Hall–Kier alpha value is -2.45. The smallest absolute Gasteiger partial charge is 0.255 e. The molecular weight excluding hydrogens is 407 g/mol. The van der Waals surface area contributed by atoms with Crippen LogP contribution in [0.25, 0.3) is 10.9 Å². The first kappa shape index (κ1) is 19.8. The number of carbonyl (C=O) groups is 1. The van der Waals surface area contributed by atoms with Gasteiger partial charge in [-0.1, -0.05) is 35.2 Å². The molecule has 0 radical (unpaired) electrons. The topological polar surface area (TPSA) is 34.5 Å². The normalized spacial score (nSPS) is 14.2. The van der Waals surface area contributed by atoms with Crippen molar-refractivity contribution >= 4 is 40.0 Å². The molecule has 1 aromatic heterocycles. The Kier molecular flexibility index (Phi) is 5.56. The van der Waals surface area contributed by atoms with Gasteiger partial charge in [0, 0.05) is 48.4 Å². The third kappa shape index (κ3) is 3.74. The van der Waals surface area contributed by atoms with E-state index in [4.69, 9.17) is 34.4 Å². The minimum absolute atomic E-state index is 0.0908. The molecule has 4 rings (SSSR count). The Morgan fingerprint density at radius 3 is 2.66 bits per heavy atom. The first-order valence-corrected chi connectivity index (χ1v) is 10.1. The van der Waals surface area contributed by atoms with Gasteiger partial charge in [0.2, 0.25) is 0 Å². The fourth-order valence-corrected chi connectivity index (χ4v) is 4.27. The van der Waals surface area contributed by atoms with Gasteiger partial charge in [0.1, 0.15) is 0 Å². The molecule has 29 heavy (non-hydrogen) atoms. The molecule has 1 aliphatic rings. The van der Waals surface area contributed by atoms with Gasteiger partial charge >= 0.3 is 0 Å². The monoisotopic (exact) mass is 426 g/mol. The molecule has 2 aromatic carbocycles. The summed E-state index contributed by atoms with van der Waals surface area (Å²) in [7, 11) is 1.99. The van der Waals surface area contributed by atoms with E-state index in [1.165, 1.54) is 0 Å². The average Bonchev–Trinajstić information content (AvgIpc) is 3.06. The predicted octanol–water partition coefficient (Wildman–Crippen LogP) is 4.53. The van der Waals surface area contributed by atoms with Gasteiger partial charge in [0.25, 0.3) is 5.91 Å². The Morgan fingerprint density at radius 1 is 1.17 bits per heavy atom. The van der Waals surface area contributed by atoms with Gasteiger partial charge in [0.05, 0.1) is 23.8 Å². The first-order valence-electron chi connectivity index (χ1n) is 9.38. The molecule has 1 fully saturated rings. The molecule has 1 saturated heterocycles. The van der Waals surface area contributed by atoms with E-state index >= 15 is 0 Å². The lowest BCUT2D eigenvalue weighted by atomic mass is 10.0. The summed E-state index contributed by atoms with van der Waals surface area (Å²) in [6.45, 7) is 2.21. The summed E-state index contributed by atoms with van der Waals surface area (Å²) >= 11 is 13.2. The third-order valence-corrected chi connectivity index (χ3v) is 6.17. The predicted molar refractivity (Wildman–Crippen MR) is 117 cm³/mol. The number of benzene rings is 2. The lowest BCUT2D eigenvalue weighted by Crippen LogP contribution is -2.40. The zero-order valence-corrected chi connectivity index (χ0v) is 17.6. The minimum atomic E-state index is -0.0908. The van der Waals surface area contributed by atoms with E-state index in [9.17, 15) is 4.79 Å². The van der Waals surface area contributed by atoms with Crippen LogP contribution < -0.4 is 0 Å². The van der Waals surface area contributed by atoms with Crippen molar-refractivity contribution in [2.45, 2.75) is 6.42 Å². The van der Waals surface area contributed by atoms with Crippen molar-refractivity contribution in [2.24, 2.45) is 7.05 Å². The van der Waals surface area contributed by atoms with Crippen LogP contribution in [0.4, 0.5) is 0 Å². The fourth-order valence-electron chi connectivity index (χ4n) is 3.69. The van der Waals surface area contributed by atoms with Crippen molar-refractivity contribution in [1.82, 2.24) is 9.47 Å². The highest BCUT2D eigenvalue weighted by Crippen LogP contribution is 2.32. The maximum Gasteiger partial charge on any atom is 0.255 e. The number of hydrogen-bond donors (Lipinski definition) is 0. The molecular formula is C23H20Cl2N2O2. The number of amides is 1. The summed E-state index contributed by atoms with van der Waals surface area (Å²) < 4.78 is 7.42. The highest BCUT2D eigenvalue weighted by molar-refractivity contribution is 6.38. The van der Waals surface area contributed by atoms with E-state index in [-0.39, 0.29) is 5.91 Å². The standard InChI is InChI=1S/C23H20Cl2N2O2/c1-3-15-4-5-16-13-17(26(2)21(16)12-15)14-19-20(24)7-6-18(22(19)25)23(28)27-8-10-29-11-9-27/h1,4-7,12-13H,8-11,14H2,2H3. The molecule has 0 N–H and O–H groups in total. The molecule has 1 amide bonds. The summed E-state index contributed by atoms with van der Waals surface area (Å²) in [6, 6.07) is 11.5. The van der Waals surface area contributed by atoms with Crippen LogP contribution in [0.1, 0.15) is 27.2 Å². The summed E-state index contributed by atoms with van der Waals surface area (Å²) in [5, 5.41) is 2.04. The van der Waals surface area contributed by atoms with Crippen LogP contribution >= 0.6 is 23.2 Å². The maximum absolute atomic E-state index is 12.9. The number of rotatable bonds is 3. The molecule has 0 unspecified atom stereocenters. The average molecular weight is 427 g/mol. The molecule has 0 saturated carbocycles. The number of terminal acetylenes is 1. The first-order chi connectivity index (χ1) is 14.0. The highest BCUT2D eigenvalue weighted by Gasteiger charge is 2.23. The van der Waals surface area contributed by atoms with Gasteiger partial charge in [-0.2, -0.15) is 0 Å². The Labute approximate surface area is 180 Å². The van der Waals surface area contributed by atoms with Crippen molar-refractivity contribution in [1.29, 1.82) is 0 Å². The van der Waals surface area contributed by atoms with Gasteiger partial charge in [0.15, 0.2) is 0 Å². The van der Waals surface area contributed by atoms with Crippen LogP contribution in [0.3, 0.4) is 0 Å². The van der Waals surface area contributed by atoms with Crippen molar-refractivity contribution in [3.05, 3.63) is 68.8 Å². The highest BCUT2D eigenvalue weighted by atomic mass is 35.5. The second-order valence-electron chi connectivity index (χ2n) is 7.08. The molecule has 3 aromatic rings. The third-order valence-electron chi connectivity index (χ3n) is 5.38. The lowest BCUT2D eigenvalue weighted by Gasteiger charge is -2.27. The molecule has 4 nitrogen and oxygen atoms in total. The summed E-state index contributed by atoms with van der Waals surface area (Å²) in [6.07, 6.45) is 6.04. The number of aromatic nitrogens is 1. The number of carbonyl (C=O) groups excluding carboxylic acids is 1. The number of ether oxygens (including phenoxy) is 1. The van der Waals surface area contributed by atoms with Gasteiger partial charge in [-0.15, -0.1) is 6.42 Å². The van der Waals surface area contributed by atoms with Crippen molar-refractivity contribution in [2.75, 3.05) is 26.3 Å². The van der Waals surface area contributed by atoms with Gasteiger partial charge in [-0.05, 0) is 41.3 Å². The van der Waals surface area contributed by atoms with E-state index in [0.717, 1.165) is 27.7 Å². The second-order valence-corrected chi connectivity index (χ2v) is 7.87. The van der Waals surface area contributed by atoms with Crippen LogP contribution in [-0.4, -0.2) is 41.7 Å². The molecule has 0 aliphatic carbocycles. The van der Waals surface area contributed by atoms with Crippen molar-refractivity contribution in [3.8, 4) is 12.3 Å². The van der Waals surface area contributed by atoms with E-state index in [1.54, 1.807) is 17.0 Å². The Bertz CT molecular complexity index is 1140. The summed E-state index contributed by atoms with van der Waals surface area (Å²) in [5.41, 5.74) is 4.13. The molecule has 1 aliphatic heterocycles. The Balaban J connectivity index is 1.70. The SMILES string of the molecule is C#Cc1ccc2cc(Cc3c(Cl)ccc(C(=O)N4CCOCC4)c3Cl)n(C)c2c1. The zero-order valence-electron chi connectivity index (χ0n) is 16.0. The molecule has 0 bridgehead atoms. The molecule has 148 valence electrons. The van der Waals surface area contributed by atoms with Gasteiger partial charge in [-0.3, -0.25) is 4.79 Å². The number of nitrogens with zero attached hydrogens (tertiary/aromatic N) is 2. The minimum Gasteiger partial charge on any atom is -0.378 e. The lowest BCUT2D eigenvalue weighted by molar-refractivity contribution is 0.0303. The summed E-state index contributed by atoms with van der Waals surface area (Å²) in [5.74, 6) is 2.58. The van der Waals surface area contributed by atoms with E-state index in [0.29, 0.717) is 48.3 Å². The Morgan fingerprint density at radius 2 is 1.93 bits per heavy atom. The second kappa shape index (κ2) is 8.12. The van der Waals surface area contributed by atoms with Crippen LogP contribution in [-0.2, 0) is 18.2 Å². The summed E-state index contributed by atoms with van der Waals surface area (Å²) in [4.78, 5) is 14.7. The number of morpholine rings is 1. The molecule has 0 atom stereocenters. The van der Waals surface area contributed by atoms with Gasteiger partial charge in [-0.25, -0.2) is 0 Å². The van der Waals surface area contributed by atoms with Crippen molar-refractivity contribution in [3.63, 3.8) is 0 Å². The number of halogens is 2. The fraction of sp³-hybridized carbons (Fsp3) is 0.261.